The van der Waals surface area contributed by atoms with E-state index in [1.54, 1.807) is 24.4 Å². The molecule has 1 amide bonds. The molecule has 0 spiro atoms. The Hall–Kier alpha value is -3.32. The molecule has 0 radical (unpaired) electrons. The van der Waals surface area contributed by atoms with Crippen LogP contribution in [0.5, 0.6) is 0 Å². The van der Waals surface area contributed by atoms with Crippen LogP contribution in [0.1, 0.15) is 42.5 Å². The van der Waals surface area contributed by atoms with Crippen LogP contribution in [0.3, 0.4) is 0 Å². The van der Waals surface area contributed by atoms with Crippen molar-refractivity contribution >= 4 is 11.6 Å². The number of carbonyl (C=O) groups excluding carboxylic acids is 1. The summed E-state index contributed by atoms with van der Waals surface area (Å²) in [4.78, 5) is 17.4. The highest BCUT2D eigenvalue weighted by atomic mass is 19.1. The standard InChI is InChI=1S/C27H29FN4O2/c1-17-13-18(10-12-29-17)25-22-14-19(8-9-24(22)31-32-25)26(33)30-21-6-4-11-27(34,16-21)15-20-5-2-3-7-23(20)28/h2-3,5,7-10,12-14,21-22,24,31,34H,4,6,11,15-16H2,1H3,(H,30,33). The number of benzene rings is 1. The van der Waals surface area contributed by atoms with E-state index in [4.69, 9.17) is 0 Å². The van der Waals surface area contributed by atoms with Crippen LogP contribution in [0, 0.1) is 18.7 Å². The minimum atomic E-state index is -1.03. The Morgan fingerprint density at radius 2 is 2.18 bits per heavy atom. The predicted octanol–water partition coefficient (Wildman–Crippen LogP) is 3.35. The van der Waals surface area contributed by atoms with E-state index in [0.717, 1.165) is 29.8 Å². The van der Waals surface area contributed by atoms with Gasteiger partial charge in [-0.2, -0.15) is 5.10 Å². The summed E-state index contributed by atoms with van der Waals surface area (Å²) in [5.41, 5.74) is 6.01. The summed E-state index contributed by atoms with van der Waals surface area (Å²) in [7, 11) is 0. The van der Waals surface area contributed by atoms with E-state index in [0.29, 0.717) is 24.0 Å². The number of pyridine rings is 1. The van der Waals surface area contributed by atoms with Crippen LogP contribution in [-0.4, -0.2) is 39.4 Å². The smallest absolute Gasteiger partial charge is 0.251 e. The van der Waals surface area contributed by atoms with Crippen LogP contribution in [0.4, 0.5) is 4.39 Å². The van der Waals surface area contributed by atoms with Crippen molar-refractivity contribution in [2.24, 2.45) is 11.0 Å². The summed E-state index contributed by atoms with van der Waals surface area (Å²) in [5, 5.41) is 18.8. The summed E-state index contributed by atoms with van der Waals surface area (Å²) in [5.74, 6) is -0.509. The second-order valence-electron chi connectivity index (χ2n) is 9.60. The molecule has 2 aromatic rings. The van der Waals surface area contributed by atoms with Gasteiger partial charge in [-0.25, -0.2) is 4.39 Å². The molecule has 1 aromatic heterocycles. The lowest BCUT2D eigenvalue weighted by Gasteiger charge is -2.37. The number of aliphatic hydroxyl groups is 1. The fraction of sp³-hybridized carbons (Fsp3) is 0.370. The van der Waals surface area contributed by atoms with Crippen LogP contribution < -0.4 is 10.7 Å². The van der Waals surface area contributed by atoms with Gasteiger partial charge in [0, 0.05) is 41.4 Å². The van der Waals surface area contributed by atoms with E-state index in [9.17, 15) is 14.3 Å². The van der Waals surface area contributed by atoms with Crippen LogP contribution in [0.15, 0.2) is 71.5 Å². The maximum atomic E-state index is 14.1. The molecule has 6 nitrogen and oxygen atoms in total. The van der Waals surface area contributed by atoms with Gasteiger partial charge in [0.15, 0.2) is 0 Å². The number of halogens is 1. The predicted molar refractivity (Wildman–Crippen MR) is 129 cm³/mol. The Balaban J connectivity index is 1.27. The Bertz CT molecular complexity index is 1190. The van der Waals surface area contributed by atoms with Crippen molar-refractivity contribution in [3.63, 3.8) is 0 Å². The zero-order valence-corrected chi connectivity index (χ0v) is 19.2. The number of amides is 1. The SMILES string of the molecule is Cc1cc(C2=NNC3C=CC(C(=O)NC4CCCC(O)(Cc5ccccc5F)C4)=CC23)ccn1. The lowest BCUT2D eigenvalue weighted by molar-refractivity contribution is -0.118. The van der Waals surface area contributed by atoms with Crippen molar-refractivity contribution in [1.82, 2.24) is 15.7 Å². The molecular weight excluding hydrogens is 431 g/mol. The molecule has 7 heteroatoms. The molecule has 2 aliphatic carbocycles. The highest BCUT2D eigenvalue weighted by Crippen LogP contribution is 2.33. The second kappa shape index (κ2) is 9.14. The number of nitrogens with one attached hydrogen (secondary N) is 2. The third-order valence-electron chi connectivity index (χ3n) is 6.97. The number of aryl methyl sites for hydroxylation is 1. The molecule has 3 aliphatic rings. The van der Waals surface area contributed by atoms with Crippen molar-refractivity contribution in [1.29, 1.82) is 0 Å². The monoisotopic (exact) mass is 460 g/mol. The average molecular weight is 461 g/mol. The number of hydrogen-bond donors (Lipinski definition) is 3. The van der Waals surface area contributed by atoms with E-state index in [1.165, 1.54) is 6.07 Å². The van der Waals surface area contributed by atoms with E-state index < -0.39 is 5.60 Å². The molecular formula is C27H29FN4O2. The van der Waals surface area contributed by atoms with Gasteiger partial charge < -0.3 is 15.8 Å². The fourth-order valence-corrected chi connectivity index (χ4v) is 5.27. The lowest BCUT2D eigenvalue weighted by atomic mass is 9.78. The van der Waals surface area contributed by atoms with Crippen LogP contribution >= 0.6 is 0 Å². The number of aromatic nitrogens is 1. The van der Waals surface area contributed by atoms with E-state index in [2.05, 4.69) is 20.8 Å². The first-order chi connectivity index (χ1) is 16.4. The number of hydrogen-bond acceptors (Lipinski definition) is 5. The van der Waals surface area contributed by atoms with Gasteiger partial charge in [0.05, 0.1) is 17.4 Å². The van der Waals surface area contributed by atoms with Gasteiger partial charge in [-0.1, -0.05) is 36.4 Å². The number of nitrogens with zero attached hydrogens (tertiary/aromatic N) is 2. The lowest BCUT2D eigenvalue weighted by Crippen LogP contribution is -2.47. The minimum absolute atomic E-state index is 0.0144. The van der Waals surface area contributed by atoms with Gasteiger partial charge in [-0.3, -0.25) is 9.78 Å². The number of hydrazone groups is 1. The molecule has 0 bridgehead atoms. The van der Waals surface area contributed by atoms with Gasteiger partial charge in [-0.15, -0.1) is 0 Å². The molecule has 0 saturated heterocycles. The number of fused-ring (bicyclic) bond motifs is 1. The van der Waals surface area contributed by atoms with Crippen molar-refractivity contribution in [2.45, 2.75) is 56.7 Å². The molecule has 3 N–H and O–H groups in total. The Kier molecular flexibility index (Phi) is 6.04. The maximum Gasteiger partial charge on any atom is 0.251 e. The zero-order chi connectivity index (χ0) is 23.7. The van der Waals surface area contributed by atoms with Crippen molar-refractivity contribution in [3.05, 3.63) is 89.0 Å². The van der Waals surface area contributed by atoms with E-state index in [1.807, 2.05) is 37.3 Å². The molecule has 1 aromatic carbocycles. The minimum Gasteiger partial charge on any atom is -0.389 e. The molecule has 1 saturated carbocycles. The summed E-state index contributed by atoms with van der Waals surface area (Å²) >= 11 is 0. The number of carbonyl (C=O) groups is 1. The summed E-state index contributed by atoms with van der Waals surface area (Å²) in [6, 6.07) is 10.3. The topological polar surface area (TPSA) is 86.6 Å². The summed E-state index contributed by atoms with van der Waals surface area (Å²) in [6.07, 6.45) is 10.3. The maximum absolute atomic E-state index is 14.1. The van der Waals surface area contributed by atoms with Gasteiger partial charge in [0.25, 0.3) is 5.91 Å². The number of rotatable bonds is 5. The summed E-state index contributed by atoms with van der Waals surface area (Å²) in [6.45, 7) is 1.94. The van der Waals surface area contributed by atoms with Gasteiger partial charge in [-0.05, 0) is 56.4 Å². The van der Waals surface area contributed by atoms with Crippen LogP contribution in [0.25, 0.3) is 0 Å². The molecule has 34 heavy (non-hydrogen) atoms. The largest absolute Gasteiger partial charge is 0.389 e. The van der Waals surface area contributed by atoms with Crippen molar-refractivity contribution in [2.75, 3.05) is 0 Å². The molecule has 1 fully saturated rings. The first kappa shape index (κ1) is 22.5. The highest BCUT2D eigenvalue weighted by molar-refractivity contribution is 6.06. The van der Waals surface area contributed by atoms with E-state index >= 15 is 0 Å². The Morgan fingerprint density at radius 1 is 1.32 bits per heavy atom. The van der Waals surface area contributed by atoms with Gasteiger partial charge in [0.2, 0.25) is 0 Å². The molecule has 4 atom stereocenters. The Labute approximate surface area is 198 Å². The first-order valence-electron chi connectivity index (χ1n) is 11.8. The zero-order valence-electron chi connectivity index (χ0n) is 19.2. The third kappa shape index (κ3) is 4.66. The normalized spacial score (nSPS) is 27.9. The fourth-order valence-electron chi connectivity index (χ4n) is 5.27. The van der Waals surface area contributed by atoms with Crippen molar-refractivity contribution in [3.8, 4) is 0 Å². The van der Waals surface area contributed by atoms with Crippen LogP contribution in [-0.2, 0) is 11.2 Å². The highest BCUT2D eigenvalue weighted by Gasteiger charge is 2.37. The molecule has 4 unspecified atom stereocenters. The van der Waals surface area contributed by atoms with Crippen LogP contribution in [0.2, 0.25) is 0 Å². The second-order valence-corrected chi connectivity index (χ2v) is 9.60. The van der Waals surface area contributed by atoms with Gasteiger partial charge in [0.1, 0.15) is 5.82 Å². The Morgan fingerprint density at radius 3 is 3.00 bits per heavy atom. The molecule has 5 rings (SSSR count). The van der Waals surface area contributed by atoms with Gasteiger partial charge >= 0.3 is 0 Å². The third-order valence-corrected chi connectivity index (χ3v) is 6.97. The van der Waals surface area contributed by atoms with Crippen molar-refractivity contribution < 1.29 is 14.3 Å². The quantitative estimate of drug-likeness (QED) is 0.639. The molecule has 1 aliphatic heterocycles. The van der Waals surface area contributed by atoms with E-state index in [-0.39, 0.29) is 36.1 Å². The molecule has 176 valence electrons. The first-order valence-corrected chi connectivity index (χ1v) is 11.8. The summed E-state index contributed by atoms with van der Waals surface area (Å²) < 4.78 is 14.1. The average Bonchev–Trinajstić information content (AvgIpc) is 3.24. The molecule has 2 heterocycles.